The molecule has 0 spiro atoms. The summed E-state index contributed by atoms with van der Waals surface area (Å²) in [5.74, 6) is 0.764. The quantitative estimate of drug-likeness (QED) is 0.833. The Hall–Kier alpha value is -1.43. The average molecular weight is 291 g/mol. The van der Waals surface area contributed by atoms with E-state index in [2.05, 4.69) is 5.32 Å². The van der Waals surface area contributed by atoms with Gasteiger partial charge in [-0.2, -0.15) is 13.2 Å². The summed E-state index contributed by atoms with van der Waals surface area (Å²) >= 11 is 0. The van der Waals surface area contributed by atoms with Crippen molar-refractivity contribution in [3.63, 3.8) is 0 Å². The van der Waals surface area contributed by atoms with Crippen LogP contribution in [-0.4, -0.2) is 25.9 Å². The normalized spacial score (nSPS) is 11.8. The van der Waals surface area contributed by atoms with Crippen LogP contribution in [-0.2, 0) is 6.54 Å². The first-order valence-corrected chi connectivity index (χ1v) is 6.41. The third-order valence-corrected chi connectivity index (χ3v) is 2.59. The molecule has 0 aliphatic rings. The van der Waals surface area contributed by atoms with Gasteiger partial charge in [-0.1, -0.05) is 19.9 Å². The number of hydrogen-bond donors (Lipinski definition) is 1. The molecular weight excluding hydrogens is 271 g/mol. The molecule has 1 aromatic rings. The van der Waals surface area contributed by atoms with Crippen LogP contribution in [0.2, 0.25) is 0 Å². The maximum atomic E-state index is 12.1. The van der Waals surface area contributed by atoms with Gasteiger partial charge in [0.25, 0.3) is 0 Å². The molecular formula is C14H20F3NO2. The van der Waals surface area contributed by atoms with E-state index < -0.39 is 19.2 Å². The number of hydrogen-bond acceptors (Lipinski definition) is 3. The predicted molar refractivity (Wildman–Crippen MR) is 71.1 cm³/mol. The van der Waals surface area contributed by atoms with E-state index in [1.165, 1.54) is 7.11 Å². The van der Waals surface area contributed by atoms with Gasteiger partial charge in [-0.15, -0.1) is 0 Å². The number of rotatable bonds is 7. The molecule has 0 aliphatic carbocycles. The van der Waals surface area contributed by atoms with Gasteiger partial charge in [-0.3, -0.25) is 0 Å². The summed E-state index contributed by atoms with van der Waals surface area (Å²) in [4.78, 5) is 0. The van der Waals surface area contributed by atoms with Gasteiger partial charge in [-0.25, -0.2) is 0 Å². The molecule has 0 heterocycles. The van der Waals surface area contributed by atoms with Crippen LogP contribution in [0.3, 0.4) is 0 Å². The number of halogens is 3. The molecule has 0 unspecified atom stereocenters. The average Bonchev–Trinajstić information content (AvgIpc) is 2.35. The minimum Gasteiger partial charge on any atom is -0.493 e. The molecule has 114 valence electrons. The summed E-state index contributed by atoms with van der Waals surface area (Å²) in [7, 11) is 1.46. The lowest BCUT2D eigenvalue weighted by molar-refractivity contribution is -0.139. The van der Waals surface area contributed by atoms with Crippen LogP contribution in [0.25, 0.3) is 0 Å². The molecule has 1 N–H and O–H groups in total. The van der Waals surface area contributed by atoms with E-state index in [-0.39, 0.29) is 0 Å². The van der Waals surface area contributed by atoms with Crippen LogP contribution in [0.4, 0.5) is 13.2 Å². The molecule has 0 bridgehead atoms. The summed E-state index contributed by atoms with van der Waals surface area (Å²) < 4.78 is 46.4. The van der Waals surface area contributed by atoms with Crippen LogP contribution in [0.15, 0.2) is 18.2 Å². The van der Waals surface area contributed by atoms with Crippen molar-refractivity contribution in [3.05, 3.63) is 23.8 Å². The molecule has 0 aliphatic heterocycles. The van der Waals surface area contributed by atoms with Gasteiger partial charge < -0.3 is 14.8 Å². The fourth-order valence-electron chi connectivity index (χ4n) is 1.54. The first kappa shape index (κ1) is 16.6. The molecule has 20 heavy (non-hydrogen) atoms. The summed E-state index contributed by atoms with van der Waals surface area (Å²) in [5.41, 5.74) is 0.985. The van der Waals surface area contributed by atoms with Crippen LogP contribution in [0.5, 0.6) is 11.5 Å². The summed E-state index contributed by atoms with van der Waals surface area (Å²) in [6.45, 7) is 4.32. The largest absolute Gasteiger partial charge is 0.493 e. The molecule has 0 saturated heterocycles. The maximum Gasteiger partial charge on any atom is 0.392 e. The summed E-state index contributed by atoms with van der Waals surface area (Å²) in [5, 5.41) is 3.25. The Balaban J connectivity index is 2.63. The number of nitrogens with one attached hydrogen (secondary N) is 1. The van der Waals surface area contributed by atoms with Crippen molar-refractivity contribution in [2.75, 3.05) is 13.7 Å². The zero-order valence-electron chi connectivity index (χ0n) is 11.9. The van der Waals surface area contributed by atoms with Gasteiger partial charge in [0.15, 0.2) is 11.5 Å². The smallest absolute Gasteiger partial charge is 0.392 e. The minimum absolute atomic E-state index is 0.324. The highest BCUT2D eigenvalue weighted by atomic mass is 19.4. The highest BCUT2D eigenvalue weighted by Crippen LogP contribution is 2.29. The Labute approximate surface area is 117 Å². The topological polar surface area (TPSA) is 30.5 Å². The maximum absolute atomic E-state index is 12.1. The van der Waals surface area contributed by atoms with Crippen molar-refractivity contribution in [2.24, 2.45) is 0 Å². The lowest BCUT2D eigenvalue weighted by Gasteiger charge is -2.14. The fourth-order valence-corrected chi connectivity index (χ4v) is 1.54. The van der Waals surface area contributed by atoms with Crippen molar-refractivity contribution >= 4 is 0 Å². The van der Waals surface area contributed by atoms with Gasteiger partial charge in [0.05, 0.1) is 20.1 Å². The van der Waals surface area contributed by atoms with Gasteiger partial charge in [0.2, 0.25) is 0 Å². The van der Waals surface area contributed by atoms with Gasteiger partial charge in [0.1, 0.15) is 0 Å². The fraction of sp³-hybridized carbons (Fsp3) is 0.571. The Bertz CT molecular complexity index is 419. The second-order valence-corrected chi connectivity index (χ2v) is 4.73. The Kier molecular flexibility index (Phi) is 6.13. The molecule has 0 saturated carbocycles. The second-order valence-electron chi connectivity index (χ2n) is 4.73. The van der Waals surface area contributed by atoms with E-state index in [4.69, 9.17) is 9.47 Å². The van der Waals surface area contributed by atoms with Crippen molar-refractivity contribution in [1.82, 2.24) is 5.32 Å². The van der Waals surface area contributed by atoms with Crippen molar-refractivity contribution in [3.8, 4) is 11.5 Å². The first-order valence-electron chi connectivity index (χ1n) is 6.41. The van der Waals surface area contributed by atoms with Crippen molar-refractivity contribution < 1.29 is 22.6 Å². The molecule has 1 aromatic carbocycles. The van der Waals surface area contributed by atoms with E-state index in [1.807, 2.05) is 13.8 Å². The molecule has 0 atom stereocenters. The van der Waals surface area contributed by atoms with E-state index >= 15 is 0 Å². The van der Waals surface area contributed by atoms with Gasteiger partial charge in [-0.05, 0) is 17.7 Å². The first-order chi connectivity index (χ1) is 9.31. The monoisotopic (exact) mass is 291 g/mol. The SMILES string of the molecule is COc1cc(CNC(C)C)ccc1OCCC(F)(F)F. The Morgan fingerprint density at radius 3 is 2.45 bits per heavy atom. The highest BCUT2D eigenvalue weighted by molar-refractivity contribution is 5.42. The molecule has 0 radical (unpaired) electrons. The molecule has 1 rings (SSSR count). The van der Waals surface area contributed by atoms with E-state index in [0.29, 0.717) is 24.1 Å². The van der Waals surface area contributed by atoms with Crippen LogP contribution < -0.4 is 14.8 Å². The number of benzene rings is 1. The van der Waals surface area contributed by atoms with E-state index in [0.717, 1.165) is 5.56 Å². The van der Waals surface area contributed by atoms with Crippen molar-refractivity contribution in [1.29, 1.82) is 0 Å². The van der Waals surface area contributed by atoms with Gasteiger partial charge >= 0.3 is 6.18 Å². The lowest BCUT2D eigenvalue weighted by atomic mass is 10.2. The number of alkyl halides is 3. The second kappa shape index (κ2) is 7.38. The third kappa shape index (κ3) is 6.14. The summed E-state index contributed by atoms with van der Waals surface area (Å²) in [6, 6.07) is 5.55. The van der Waals surface area contributed by atoms with Crippen molar-refractivity contribution in [2.45, 2.75) is 39.0 Å². The standard InChI is InChI=1S/C14H20F3NO2/c1-10(2)18-9-11-4-5-12(13(8-11)19-3)20-7-6-14(15,16)17/h4-5,8,10,18H,6-7,9H2,1-3H3. The Morgan fingerprint density at radius 1 is 1.20 bits per heavy atom. The molecule has 3 nitrogen and oxygen atoms in total. The molecule has 0 amide bonds. The lowest BCUT2D eigenvalue weighted by Crippen LogP contribution is -2.21. The minimum atomic E-state index is -4.21. The zero-order chi connectivity index (χ0) is 15.2. The number of methoxy groups -OCH3 is 1. The van der Waals surface area contributed by atoms with E-state index in [1.54, 1.807) is 18.2 Å². The molecule has 6 heteroatoms. The Morgan fingerprint density at radius 2 is 1.90 bits per heavy atom. The highest BCUT2D eigenvalue weighted by Gasteiger charge is 2.27. The van der Waals surface area contributed by atoms with Crippen LogP contribution >= 0.6 is 0 Å². The van der Waals surface area contributed by atoms with Crippen LogP contribution in [0.1, 0.15) is 25.8 Å². The third-order valence-electron chi connectivity index (χ3n) is 2.59. The molecule has 0 aromatic heterocycles. The summed E-state index contributed by atoms with van der Waals surface area (Å²) in [6.07, 6.45) is -5.19. The zero-order valence-corrected chi connectivity index (χ0v) is 11.9. The van der Waals surface area contributed by atoms with E-state index in [9.17, 15) is 13.2 Å². The number of ether oxygens (including phenoxy) is 2. The molecule has 0 fully saturated rings. The van der Waals surface area contributed by atoms with Crippen LogP contribution in [0, 0.1) is 0 Å². The predicted octanol–water partition coefficient (Wildman–Crippen LogP) is 3.52. The van der Waals surface area contributed by atoms with Gasteiger partial charge in [0, 0.05) is 12.6 Å².